The van der Waals surface area contributed by atoms with E-state index in [0.717, 1.165) is 10.0 Å². The Labute approximate surface area is 192 Å². The lowest BCUT2D eigenvalue weighted by Crippen LogP contribution is -2.16. The van der Waals surface area contributed by atoms with E-state index in [0.29, 0.717) is 17.1 Å². The molecule has 0 fully saturated rings. The first-order chi connectivity index (χ1) is 15.6. The van der Waals surface area contributed by atoms with Crippen molar-refractivity contribution in [1.29, 1.82) is 5.26 Å². The van der Waals surface area contributed by atoms with Crippen LogP contribution < -0.4 is 15.7 Å². The number of para-hydroxylation sites is 1. The molecule has 32 heavy (non-hydrogen) atoms. The third-order valence-electron chi connectivity index (χ3n) is 4.41. The summed E-state index contributed by atoms with van der Waals surface area (Å²) in [5.74, 6) is 1.43. The topological polar surface area (TPSA) is 103 Å². The van der Waals surface area contributed by atoms with Gasteiger partial charge in [0.05, 0.1) is 11.9 Å². The number of hydrazone groups is 1. The van der Waals surface area contributed by atoms with Gasteiger partial charge in [-0.1, -0.05) is 58.4 Å². The number of hydrogen-bond acceptors (Lipinski definition) is 6. The summed E-state index contributed by atoms with van der Waals surface area (Å²) >= 11 is 3.40. The first-order valence-corrected chi connectivity index (χ1v) is 10.3. The van der Waals surface area contributed by atoms with Crippen molar-refractivity contribution >= 4 is 28.1 Å². The maximum absolute atomic E-state index is 12.3. The van der Waals surface area contributed by atoms with Gasteiger partial charge in [0.2, 0.25) is 5.95 Å². The molecule has 156 valence electrons. The molecule has 0 spiro atoms. The Balaban J connectivity index is 1.58. The molecule has 8 heteroatoms. The Morgan fingerprint density at radius 2 is 1.75 bits per heavy atom. The summed E-state index contributed by atoms with van der Waals surface area (Å²) in [4.78, 5) is 19.2. The molecule has 0 radical (unpaired) electrons. The summed E-state index contributed by atoms with van der Waals surface area (Å²) in [7, 11) is 0. The highest BCUT2D eigenvalue weighted by atomic mass is 79.9. The van der Waals surface area contributed by atoms with Gasteiger partial charge in [-0.2, -0.15) is 10.4 Å². The molecular weight excluding hydrogens is 470 g/mol. The van der Waals surface area contributed by atoms with E-state index in [1.807, 2.05) is 72.8 Å². The highest BCUT2D eigenvalue weighted by molar-refractivity contribution is 9.10. The summed E-state index contributed by atoms with van der Waals surface area (Å²) in [6.07, 6.45) is 1.56. The van der Waals surface area contributed by atoms with Crippen molar-refractivity contribution in [1.82, 2.24) is 9.97 Å². The van der Waals surface area contributed by atoms with E-state index < -0.39 is 5.56 Å². The van der Waals surface area contributed by atoms with E-state index in [-0.39, 0.29) is 17.2 Å². The van der Waals surface area contributed by atoms with Gasteiger partial charge < -0.3 is 4.74 Å². The van der Waals surface area contributed by atoms with Crippen LogP contribution in [0.1, 0.15) is 11.1 Å². The fourth-order valence-corrected chi connectivity index (χ4v) is 3.17. The van der Waals surface area contributed by atoms with Crippen LogP contribution in [-0.4, -0.2) is 16.2 Å². The van der Waals surface area contributed by atoms with E-state index in [1.165, 1.54) is 0 Å². The Bertz CT molecular complexity index is 1360. The molecule has 0 amide bonds. The van der Waals surface area contributed by atoms with Crippen LogP contribution in [0, 0.1) is 11.3 Å². The van der Waals surface area contributed by atoms with Crippen LogP contribution in [0.15, 0.2) is 93.2 Å². The first-order valence-electron chi connectivity index (χ1n) is 9.55. The second-order valence-electron chi connectivity index (χ2n) is 6.58. The summed E-state index contributed by atoms with van der Waals surface area (Å²) in [6.45, 7) is 0. The lowest BCUT2D eigenvalue weighted by Gasteiger charge is -2.09. The van der Waals surface area contributed by atoms with E-state index >= 15 is 0 Å². The van der Waals surface area contributed by atoms with Gasteiger partial charge in [0.1, 0.15) is 23.1 Å². The number of hydrogen-bond donors (Lipinski definition) is 2. The minimum atomic E-state index is -0.543. The fourth-order valence-electron chi connectivity index (χ4n) is 2.91. The summed E-state index contributed by atoms with van der Waals surface area (Å²) in [5.41, 5.74) is 3.80. The molecule has 0 saturated heterocycles. The SMILES string of the molecule is N#Cc1c(-c2ccccc2)nc(NN=Cc2ccccc2Oc2ccc(Br)cc2)[nH]c1=O. The Kier molecular flexibility index (Phi) is 6.39. The van der Waals surface area contributed by atoms with Crippen molar-refractivity contribution in [3.05, 3.63) is 105 Å². The first kappa shape index (κ1) is 21.0. The molecule has 0 unspecified atom stereocenters. The van der Waals surface area contributed by atoms with Crippen molar-refractivity contribution in [2.24, 2.45) is 5.10 Å². The molecule has 0 aliphatic heterocycles. The lowest BCUT2D eigenvalue weighted by atomic mass is 10.1. The quantitative estimate of drug-likeness (QED) is 0.284. The highest BCUT2D eigenvalue weighted by Crippen LogP contribution is 2.25. The summed E-state index contributed by atoms with van der Waals surface area (Å²) < 4.78 is 6.91. The van der Waals surface area contributed by atoms with Crippen LogP contribution >= 0.6 is 15.9 Å². The van der Waals surface area contributed by atoms with Gasteiger partial charge >= 0.3 is 0 Å². The van der Waals surface area contributed by atoms with Gasteiger partial charge in [0, 0.05) is 15.6 Å². The van der Waals surface area contributed by atoms with Crippen molar-refractivity contribution < 1.29 is 4.74 Å². The molecule has 3 aromatic carbocycles. The van der Waals surface area contributed by atoms with Crippen molar-refractivity contribution in [3.63, 3.8) is 0 Å². The van der Waals surface area contributed by atoms with Crippen molar-refractivity contribution in [2.75, 3.05) is 5.43 Å². The molecule has 1 aromatic heterocycles. The maximum atomic E-state index is 12.3. The van der Waals surface area contributed by atoms with Crippen LogP contribution in [0.2, 0.25) is 0 Å². The normalized spacial score (nSPS) is 10.6. The zero-order chi connectivity index (χ0) is 22.3. The van der Waals surface area contributed by atoms with E-state index in [9.17, 15) is 10.1 Å². The standard InChI is InChI=1S/C24H16BrN5O2/c25-18-10-12-19(13-11-18)32-21-9-5-4-8-17(21)15-27-30-24-28-22(16-6-2-1-3-7-16)20(14-26)23(31)29-24/h1-13,15H,(H2,28,29,30,31). The van der Waals surface area contributed by atoms with E-state index in [2.05, 4.69) is 36.4 Å². The van der Waals surface area contributed by atoms with Gasteiger partial charge in [-0.25, -0.2) is 10.4 Å². The van der Waals surface area contributed by atoms with Crippen molar-refractivity contribution in [3.8, 4) is 28.8 Å². The van der Waals surface area contributed by atoms with Gasteiger partial charge in [-0.3, -0.25) is 9.78 Å². The highest BCUT2D eigenvalue weighted by Gasteiger charge is 2.13. The van der Waals surface area contributed by atoms with Crippen molar-refractivity contribution in [2.45, 2.75) is 0 Å². The van der Waals surface area contributed by atoms with Crippen LogP contribution in [-0.2, 0) is 0 Å². The number of H-pyrrole nitrogens is 1. The molecular formula is C24H16BrN5O2. The van der Waals surface area contributed by atoms with E-state index in [4.69, 9.17) is 4.74 Å². The Morgan fingerprint density at radius 1 is 1.03 bits per heavy atom. The lowest BCUT2D eigenvalue weighted by molar-refractivity contribution is 0.482. The molecule has 0 bridgehead atoms. The average Bonchev–Trinajstić information content (AvgIpc) is 2.82. The predicted octanol–water partition coefficient (Wildman–Crippen LogP) is 5.31. The number of rotatable bonds is 6. The molecule has 0 aliphatic rings. The molecule has 4 rings (SSSR count). The monoisotopic (exact) mass is 485 g/mol. The zero-order valence-corrected chi connectivity index (χ0v) is 18.2. The summed E-state index contributed by atoms with van der Waals surface area (Å²) in [6, 6.07) is 25.9. The number of halogens is 1. The van der Waals surface area contributed by atoms with Gasteiger partial charge in [0.25, 0.3) is 5.56 Å². The van der Waals surface area contributed by atoms with E-state index in [1.54, 1.807) is 18.3 Å². The fraction of sp³-hybridized carbons (Fsp3) is 0. The van der Waals surface area contributed by atoms with Crippen LogP contribution in [0.4, 0.5) is 5.95 Å². The van der Waals surface area contributed by atoms with Crippen LogP contribution in [0.3, 0.4) is 0 Å². The van der Waals surface area contributed by atoms with Gasteiger partial charge in [-0.15, -0.1) is 0 Å². The van der Waals surface area contributed by atoms with Crippen LogP contribution in [0.25, 0.3) is 11.3 Å². The minimum absolute atomic E-state index is 0.0565. The number of benzene rings is 3. The predicted molar refractivity (Wildman–Crippen MR) is 127 cm³/mol. The smallest absolute Gasteiger partial charge is 0.270 e. The zero-order valence-electron chi connectivity index (χ0n) is 16.6. The largest absolute Gasteiger partial charge is 0.457 e. The number of nitriles is 1. The molecule has 0 aliphatic carbocycles. The molecule has 0 saturated carbocycles. The molecule has 0 atom stereocenters. The summed E-state index contributed by atoms with van der Waals surface area (Å²) in [5, 5.41) is 13.5. The van der Waals surface area contributed by atoms with Crippen LogP contribution in [0.5, 0.6) is 11.5 Å². The third-order valence-corrected chi connectivity index (χ3v) is 4.94. The number of anilines is 1. The number of ether oxygens (including phenoxy) is 1. The van der Waals surface area contributed by atoms with Gasteiger partial charge in [-0.05, 0) is 36.4 Å². The molecule has 4 aromatic rings. The number of nitrogens with one attached hydrogen (secondary N) is 2. The number of aromatic nitrogens is 2. The molecule has 1 heterocycles. The number of nitrogens with zero attached hydrogens (tertiary/aromatic N) is 3. The molecule has 2 N–H and O–H groups in total. The van der Waals surface area contributed by atoms with Gasteiger partial charge in [0.15, 0.2) is 0 Å². The second-order valence-corrected chi connectivity index (χ2v) is 7.50. The Hall–Kier alpha value is -4.22. The minimum Gasteiger partial charge on any atom is -0.457 e. The second kappa shape index (κ2) is 9.73. The average molecular weight is 486 g/mol. The third kappa shape index (κ3) is 4.91. The Morgan fingerprint density at radius 3 is 2.50 bits per heavy atom. The maximum Gasteiger partial charge on any atom is 0.270 e. The number of aromatic amines is 1. The molecule has 7 nitrogen and oxygen atoms in total.